The smallest absolute Gasteiger partial charge is 0.354 e. The minimum atomic E-state index is -1.94. The normalized spacial score (nSPS) is 27.2. The lowest BCUT2D eigenvalue weighted by molar-refractivity contribution is -0.0535. The standard InChI is InChI=1S/C15H28N4O5Si/c1-5-25(6-2,9(3)4)23-7-10-11(20)12(21)13(24-10)19-8-17-14(16)18-15(19)22/h8-13,20-21H,5-7H2,1-4H3,(H2,16,18,22)/t10-,11-,12-,13-/m1/s1. The number of rotatable bonds is 7. The molecule has 0 aliphatic carbocycles. The SMILES string of the molecule is CC[Si](CC)(OC[C@H]1O[C@@H](n2cnc(N)nc2=O)[C@H](O)[C@@H]1O)C(C)C. The highest BCUT2D eigenvalue weighted by atomic mass is 28.4. The van der Waals surface area contributed by atoms with Gasteiger partial charge in [0.15, 0.2) is 14.5 Å². The predicted octanol–water partition coefficient (Wildman–Crippen LogP) is 0.252. The van der Waals surface area contributed by atoms with Gasteiger partial charge in [-0.25, -0.2) is 9.78 Å². The van der Waals surface area contributed by atoms with E-state index in [2.05, 4.69) is 37.7 Å². The summed E-state index contributed by atoms with van der Waals surface area (Å²) in [6.07, 6.45) is -3.10. The Balaban J connectivity index is 2.13. The van der Waals surface area contributed by atoms with Crippen LogP contribution in [0.15, 0.2) is 11.1 Å². The summed E-state index contributed by atoms with van der Waals surface area (Å²) in [5, 5.41) is 20.6. The van der Waals surface area contributed by atoms with Gasteiger partial charge < -0.3 is 25.1 Å². The van der Waals surface area contributed by atoms with Gasteiger partial charge in [-0.1, -0.05) is 27.7 Å². The van der Waals surface area contributed by atoms with Crippen LogP contribution >= 0.6 is 0 Å². The van der Waals surface area contributed by atoms with Crippen molar-refractivity contribution in [2.75, 3.05) is 12.3 Å². The lowest BCUT2D eigenvalue weighted by atomic mass is 10.1. The van der Waals surface area contributed by atoms with Gasteiger partial charge in [0.25, 0.3) is 0 Å². The van der Waals surface area contributed by atoms with Gasteiger partial charge in [0, 0.05) is 0 Å². The van der Waals surface area contributed by atoms with E-state index in [0.717, 1.165) is 23.0 Å². The lowest BCUT2D eigenvalue weighted by Crippen LogP contribution is -2.44. The fraction of sp³-hybridized carbons (Fsp3) is 0.800. The van der Waals surface area contributed by atoms with Gasteiger partial charge in [-0.3, -0.25) is 4.57 Å². The molecule has 25 heavy (non-hydrogen) atoms. The minimum Gasteiger partial charge on any atom is -0.414 e. The van der Waals surface area contributed by atoms with Crippen molar-refractivity contribution in [2.45, 2.75) is 69.9 Å². The summed E-state index contributed by atoms with van der Waals surface area (Å²) in [4.78, 5) is 19.2. The zero-order chi connectivity index (χ0) is 18.8. The Hall–Kier alpha value is -1.33. The van der Waals surface area contributed by atoms with E-state index in [-0.39, 0.29) is 12.6 Å². The minimum absolute atomic E-state index is 0.159. The summed E-state index contributed by atoms with van der Waals surface area (Å²) in [5.74, 6) is -0.159. The predicted molar refractivity (Wildman–Crippen MR) is 94.4 cm³/mol. The van der Waals surface area contributed by atoms with Gasteiger partial charge in [-0.05, 0) is 17.6 Å². The van der Waals surface area contributed by atoms with E-state index >= 15 is 0 Å². The number of aliphatic hydroxyl groups excluding tert-OH is 2. The lowest BCUT2D eigenvalue weighted by Gasteiger charge is -2.34. The van der Waals surface area contributed by atoms with Crippen molar-refractivity contribution in [3.05, 3.63) is 16.8 Å². The topological polar surface area (TPSA) is 133 Å². The molecule has 0 aromatic carbocycles. The number of aliphatic hydroxyl groups is 2. The highest BCUT2D eigenvalue weighted by Crippen LogP contribution is 2.33. The van der Waals surface area contributed by atoms with Gasteiger partial charge in [0.2, 0.25) is 5.95 Å². The highest BCUT2D eigenvalue weighted by molar-refractivity contribution is 6.74. The molecule has 0 unspecified atom stereocenters. The molecule has 142 valence electrons. The molecule has 9 nitrogen and oxygen atoms in total. The van der Waals surface area contributed by atoms with E-state index in [1.807, 2.05) is 0 Å². The second-order valence-electron chi connectivity index (χ2n) is 6.69. The fourth-order valence-corrected chi connectivity index (χ4v) is 6.68. The van der Waals surface area contributed by atoms with Crippen molar-refractivity contribution in [3.63, 3.8) is 0 Å². The molecule has 0 amide bonds. The Morgan fingerprint density at radius 2 is 2.00 bits per heavy atom. The molecule has 0 saturated carbocycles. The molecule has 1 aromatic rings. The number of nitrogens with two attached hydrogens (primary N) is 1. The van der Waals surface area contributed by atoms with Crippen LogP contribution in [0.5, 0.6) is 0 Å². The van der Waals surface area contributed by atoms with Crippen molar-refractivity contribution in [3.8, 4) is 0 Å². The second-order valence-corrected chi connectivity index (χ2v) is 11.7. The molecule has 0 spiro atoms. The first kappa shape index (κ1) is 20.0. The van der Waals surface area contributed by atoms with Crippen LogP contribution in [0.3, 0.4) is 0 Å². The Labute approximate surface area is 147 Å². The molecular formula is C15H28N4O5Si. The van der Waals surface area contributed by atoms with Crippen LogP contribution in [0.2, 0.25) is 17.6 Å². The molecule has 2 rings (SSSR count). The van der Waals surface area contributed by atoms with E-state index in [1.54, 1.807) is 0 Å². The van der Waals surface area contributed by atoms with Gasteiger partial charge in [-0.2, -0.15) is 4.98 Å². The maximum absolute atomic E-state index is 11.9. The fourth-order valence-electron chi connectivity index (χ4n) is 3.31. The van der Waals surface area contributed by atoms with Crippen LogP contribution in [-0.2, 0) is 9.16 Å². The summed E-state index contributed by atoms with van der Waals surface area (Å²) in [7, 11) is -1.94. The third-order valence-electron chi connectivity index (χ3n) is 5.14. The molecule has 1 aromatic heterocycles. The molecule has 0 radical (unpaired) electrons. The van der Waals surface area contributed by atoms with Crippen LogP contribution in [0.25, 0.3) is 0 Å². The quantitative estimate of drug-likeness (QED) is 0.580. The van der Waals surface area contributed by atoms with Crippen LogP contribution in [0.4, 0.5) is 5.95 Å². The van der Waals surface area contributed by atoms with Crippen molar-refractivity contribution in [1.82, 2.24) is 14.5 Å². The maximum atomic E-state index is 11.9. The molecule has 1 aliphatic heterocycles. The van der Waals surface area contributed by atoms with E-state index in [4.69, 9.17) is 14.9 Å². The maximum Gasteiger partial charge on any atom is 0.354 e. The highest BCUT2D eigenvalue weighted by Gasteiger charge is 2.46. The van der Waals surface area contributed by atoms with Crippen LogP contribution in [-0.4, -0.2) is 58.0 Å². The third-order valence-corrected chi connectivity index (χ3v) is 10.4. The summed E-state index contributed by atoms with van der Waals surface area (Å²) in [5.41, 5.74) is 5.10. The largest absolute Gasteiger partial charge is 0.414 e. The average molecular weight is 372 g/mol. The average Bonchev–Trinajstić information content (AvgIpc) is 2.84. The van der Waals surface area contributed by atoms with Gasteiger partial charge >= 0.3 is 5.69 Å². The van der Waals surface area contributed by atoms with Crippen molar-refractivity contribution in [1.29, 1.82) is 0 Å². The van der Waals surface area contributed by atoms with E-state index < -0.39 is 38.5 Å². The van der Waals surface area contributed by atoms with E-state index in [9.17, 15) is 15.0 Å². The van der Waals surface area contributed by atoms with Gasteiger partial charge in [0.05, 0.1) is 6.61 Å². The molecular weight excluding hydrogens is 344 g/mol. The summed E-state index contributed by atoms with van der Waals surface area (Å²) >= 11 is 0. The Morgan fingerprint density at radius 3 is 2.52 bits per heavy atom. The molecule has 1 aliphatic rings. The Kier molecular flexibility index (Phi) is 6.33. The molecule has 4 N–H and O–H groups in total. The van der Waals surface area contributed by atoms with Crippen molar-refractivity contribution in [2.24, 2.45) is 0 Å². The van der Waals surface area contributed by atoms with E-state index in [0.29, 0.717) is 5.54 Å². The first-order valence-corrected chi connectivity index (χ1v) is 11.0. The zero-order valence-electron chi connectivity index (χ0n) is 15.1. The number of nitrogens with zero attached hydrogens (tertiary/aromatic N) is 3. The summed E-state index contributed by atoms with van der Waals surface area (Å²) < 4.78 is 13.0. The molecule has 1 fully saturated rings. The zero-order valence-corrected chi connectivity index (χ0v) is 16.1. The summed E-state index contributed by atoms with van der Waals surface area (Å²) in [6, 6.07) is 1.92. The van der Waals surface area contributed by atoms with Crippen LogP contribution in [0.1, 0.15) is 33.9 Å². The third kappa shape index (κ3) is 3.92. The monoisotopic (exact) mass is 372 g/mol. The first-order valence-electron chi connectivity index (χ1n) is 8.62. The molecule has 0 bridgehead atoms. The van der Waals surface area contributed by atoms with Crippen molar-refractivity contribution >= 4 is 14.3 Å². The van der Waals surface area contributed by atoms with Crippen LogP contribution in [0, 0.1) is 0 Å². The number of anilines is 1. The van der Waals surface area contributed by atoms with Crippen LogP contribution < -0.4 is 11.4 Å². The number of hydrogen-bond donors (Lipinski definition) is 3. The second kappa shape index (κ2) is 7.91. The molecule has 2 heterocycles. The number of ether oxygens (including phenoxy) is 1. The van der Waals surface area contributed by atoms with Crippen molar-refractivity contribution < 1.29 is 19.4 Å². The number of nitrogen functional groups attached to an aromatic ring is 1. The van der Waals surface area contributed by atoms with Gasteiger partial charge in [0.1, 0.15) is 24.6 Å². The molecule has 1 saturated heterocycles. The first-order chi connectivity index (χ1) is 11.8. The molecule has 10 heteroatoms. The molecule has 4 atom stereocenters. The Morgan fingerprint density at radius 1 is 1.36 bits per heavy atom. The number of aromatic nitrogens is 3. The Bertz CT molecular complexity index is 637. The van der Waals surface area contributed by atoms with E-state index in [1.165, 1.54) is 0 Å². The summed E-state index contributed by atoms with van der Waals surface area (Å²) in [6.45, 7) is 8.70. The number of hydrogen-bond acceptors (Lipinski definition) is 8. The van der Waals surface area contributed by atoms with Gasteiger partial charge in [-0.15, -0.1) is 0 Å².